The summed E-state index contributed by atoms with van der Waals surface area (Å²) in [4.78, 5) is 0.420. The van der Waals surface area contributed by atoms with Gasteiger partial charge in [-0.1, -0.05) is 12.2 Å². The van der Waals surface area contributed by atoms with E-state index in [-0.39, 0.29) is 0 Å². The molecule has 0 saturated carbocycles. The predicted molar refractivity (Wildman–Crippen MR) is 82.9 cm³/mol. The zero-order valence-corrected chi connectivity index (χ0v) is 12.1. The molecule has 3 nitrogen and oxygen atoms in total. The van der Waals surface area contributed by atoms with Crippen molar-refractivity contribution in [1.29, 1.82) is 0 Å². The lowest BCUT2D eigenvalue weighted by Gasteiger charge is -2.25. The second kappa shape index (κ2) is 6.29. The molecule has 0 amide bonds. The SMILES string of the molecule is COc1ccc(C(N)=S)c(NC2CCCSC2)c1. The molecule has 98 valence electrons. The number of nitrogens with one attached hydrogen (secondary N) is 1. The van der Waals surface area contributed by atoms with Crippen LogP contribution in [0.5, 0.6) is 5.75 Å². The van der Waals surface area contributed by atoms with E-state index in [0.29, 0.717) is 11.0 Å². The van der Waals surface area contributed by atoms with Gasteiger partial charge in [0, 0.05) is 29.1 Å². The average molecular weight is 282 g/mol. The second-order valence-electron chi connectivity index (χ2n) is 4.33. The number of nitrogens with two attached hydrogens (primary N) is 1. The Bertz CT molecular complexity index is 431. The van der Waals surface area contributed by atoms with Crippen LogP contribution < -0.4 is 15.8 Å². The van der Waals surface area contributed by atoms with Gasteiger partial charge in [-0.2, -0.15) is 11.8 Å². The molecule has 1 atom stereocenters. The van der Waals surface area contributed by atoms with Crippen LogP contribution in [-0.4, -0.2) is 29.6 Å². The second-order valence-corrected chi connectivity index (χ2v) is 5.92. The van der Waals surface area contributed by atoms with Crippen molar-refractivity contribution in [1.82, 2.24) is 0 Å². The van der Waals surface area contributed by atoms with Crippen LogP contribution in [0.15, 0.2) is 18.2 Å². The van der Waals surface area contributed by atoms with Crippen LogP contribution in [0.4, 0.5) is 5.69 Å². The Balaban J connectivity index is 2.19. The number of hydrogen-bond donors (Lipinski definition) is 2. The first-order valence-corrected chi connectivity index (χ1v) is 7.59. The van der Waals surface area contributed by atoms with E-state index < -0.39 is 0 Å². The third-order valence-corrected chi connectivity index (χ3v) is 4.45. The fourth-order valence-electron chi connectivity index (χ4n) is 2.06. The normalized spacial score (nSPS) is 19.3. The van der Waals surface area contributed by atoms with Crippen LogP contribution in [0.1, 0.15) is 18.4 Å². The Hall–Kier alpha value is -0.940. The highest BCUT2D eigenvalue weighted by Gasteiger charge is 2.16. The molecule has 1 unspecified atom stereocenters. The summed E-state index contributed by atoms with van der Waals surface area (Å²) in [5.41, 5.74) is 7.63. The largest absolute Gasteiger partial charge is 0.497 e. The standard InChI is InChI=1S/C13H18N2OS2/c1-16-10-4-5-11(13(14)17)12(7-10)15-9-3-2-6-18-8-9/h4-5,7,9,15H,2-3,6,8H2,1H3,(H2,14,17). The third kappa shape index (κ3) is 3.29. The van der Waals surface area contributed by atoms with Crippen molar-refractivity contribution in [2.75, 3.05) is 23.9 Å². The quantitative estimate of drug-likeness (QED) is 0.831. The monoisotopic (exact) mass is 282 g/mol. The average Bonchev–Trinajstić information content (AvgIpc) is 2.39. The highest BCUT2D eigenvalue weighted by atomic mass is 32.2. The number of benzene rings is 1. The van der Waals surface area contributed by atoms with Gasteiger partial charge in [0.05, 0.1) is 7.11 Å². The minimum atomic E-state index is 0.420. The van der Waals surface area contributed by atoms with Crippen LogP contribution >= 0.6 is 24.0 Å². The van der Waals surface area contributed by atoms with E-state index in [9.17, 15) is 0 Å². The van der Waals surface area contributed by atoms with Crippen LogP contribution in [0.25, 0.3) is 0 Å². The van der Waals surface area contributed by atoms with Gasteiger partial charge < -0.3 is 15.8 Å². The number of methoxy groups -OCH3 is 1. The Morgan fingerprint density at radius 1 is 1.56 bits per heavy atom. The molecule has 1 aliphatic heterocycles. The van der Waals surface area contributed by atoms with Crippen LogP contribution in [-0.2, 0) is 0 Å². The zero-order valence-electron chi connectivity index (χ0n) is 10.4. The molecule has 1 fully saturated rings. The molecule has 1 aromatic rings. The first kappa shape index (κ1) is 13.5. The number of hydrogen-bond acceptors (Lipinski definition) is 4. The molecule has 1 aliphatic rings. The zero-order chi connectivity index (χ0) is 13.0. The molecule has 18 heavy (non-hydrogen) atoms. The molecule has 3 N–H and O–H groups in total. The number of thioether (sulfide) groups is 1. The molecule has 0 spiro atoms. The molecule has 0 aliphatic carbocycles. The van der Waals surface area contributed by atoms with Crippen LogP contribution in [0, 0.1) is 0 Å². The highest BCUT2D eigenvalue weighted by Crippen LogP contribution is 2.26. The first-order valence-electron chi connectivity index (χ1n) is 6.03. The Morgan fingerprint density at radius 3 is 3.00 bits per heavy atom. The summed E-state index contributed by atoms with van der Waals surface area (Å²) in [5, 5.41) is 3.54. The van der Waals surface area contributed by atoms with Crippen molar-refractivity contribution >= 4 is 34.7 Å². The van der Waals surface area contributed by atoms with Crippen molar-refractivity contribution in [3.05, 3.63) is 23.8 Å². The Kier molecular flexibility index (Phi) is 4.72. The molecule has 1 saturated heterocycles. The number of anilines is 1. The van der Waals surface area contributed by atoms with Gasteiger partial charge in [-0.25, -0.2) is 0 Å². The van der Waals surface area contributed by atoms with E-state index in [1.807, 2.05) is 30.0 Å². The summed E-state index contributed by atoms with van der Waals surface area (Å²) in [7, 11) is 1.66. The summed E-state index contributed by atoms with van der Waals surface area (Å²) < 4.78 is 5.25. The van der Waals surface area contributed by atoms with Crippen molar-refractivity contribution in [3.63, 3.8) is 0 Å². The van der Waals surface area contributed by atoms with Crippen molar-refractivity contribution < 1.29 is 4.74 Å². The number of rotatable bonds is 4. The molecule has 1 aromatic carbocycles. The van der Waals surface area contributed by atoms with E-state index >= 15 is 0 Å². The lowest BCUT2D eigenvalue weighted by Crippen LogP contribution is -2.27. The van der Waals surface area contributed by atoms with E-state index in [4.69, 9.17) is 22.7 Å². The van der Waals surface area contributed by atoms with Gasteiger partial charge in [0.2, 0.25) is 0 Å². The smallest absolute Gasteiger partial charge is 0.120 e. The summed E-state index contributed by atoms with van der Waals surface area (Å²) in [6.07, 6.45) is 2.45. The summed E-state index contributed by atoms with van der Waals surface area (Å²) in [5.74, 6) is 3.22. The maximum atomic E-state index is 5.76. The maximum Gasteiger partial charge on any atom is 0.120 e. The molecular weight excluding hydrogens is 264 g/mol. The van der Waals surface area contributed by atoms with E-state index in [1.165, 1.54) is 18.6 Å². The topological polar surface area (TPSA) is 47.3 Å². The molecule has 0 aromatic heterocycles. The Labute approximate surface area is 117 Å². The third-order valence-electron chi connectivity index (χ3n) is 3.01. The lowest BCUT2D eigenvalue weighted by molar-refractivity contribution is 0.415. The molecule has 5 heteroatoms. The van der Waals surface area contributed by atoms with E-state index in [2.05, 4.69) is 5.32 Å². The van der Waals surface area contributed by atoms with Crippen molar-refractivity contribution in [2.45, 2.75) is 18.9 Å². The Morgan fingerprint density at radius 2 is 2.39 bits per heavy atom. The van der Waals surface area contributed by atoms with E-state index in [1.54, 1.807) is 7.11 Å². The summed E-state index contributed by atoms with van der Waals surface area (Å²) in [6, 6.07) is 6.26. The lowest BCUT2D eigenvalue weighted by atomic mass is 10.1. The van der Waals surface area contributed by atoms with Gasteiger partial charge in [-0.15, -0.1) is 0 Å². The summed E-state index contributed by atoms with van der Waals surface area (Å²) >= 11 is 7.08. The fourth-order valence-corrected chi connectivity index (χ4v) is 3.31. The summed E-state index contributed by atoms with van der Waals surface area (Å²) in [6.45, 7) is 0. The van der Waals surface area contributed by atoms with Crippen LogP contribution in [0.2, 0.25) is 0 Å². The van der Waals surface area contributed by atoms with Gasteiger partial charge >= 0.3 is 0 Å². The fraction of sp³-hybridized carbons (Fsp3) is 0.462. The highest BCUT2D eigenvalue weighted by molar-refractivity contribution is 7.99. The number of ether oxygens (including phenoxy) is 1. The van der Waals surface area contributed by atoms with Crippen molar-refractivity contribution in [2.24, 2.45) is 5.73 Å². The van der Waals surface area contributed by atoms with Gasteiger partial charge in [-0.3, -0.25) is 0 Å². The number of thiocarbonyl (C=S) groups is 1. The minimum Gasteiger partial charge on any atom is -0.497 e. The van der Waals surface area contributed by atoms with E-state index in [0.717, 1.165) is 22.8 Å². The first-order chi connectivity index (χ1) is 8.70. The van der Waals surface area contributed by atoms with Crippen molar-refractivity contribution in [3.8, 4) is 5.75 Å². The molecule has 2 rings (SSSR count). The molecule has 1 heterocycles. The predicted octanol–water partition coefficient (Wildman–Crippen LogP) is 2.64. The van der Waals surface area contributed by atoms with Gasteiger partial charge in [-0.05, 0) is 30.7 Å². The molecule has 0 bridgehead atoms. The minimum absolute atomic E-state index is 0.420. The van der Waals surface area contributed by atoms with Gasteiger partial charge in [0.15, 0.2) is 0 Å². The van der Waals surface area contributed by atoms with Crippen LogP contribution in [0.3, 0.4) is 0 Å². The molecule has 0 radical (unpaired) electrons. The maximum absolute atomic E-state index is 5.76. The molecular formula is C13H18N2OS2. The van der Waals surface area contributed by atoms with Gasteiger partial charge in [0.1, 0.15) is 10.7 Å². The van der Waals surface area contributed by atoms with Gasteiger partial charge in [0.25, 0.3) is 0 Å².